The van der Waals surface area contributed by atoms with Crippen molar-refractivity contribution in [3.63, 3.8) is 0 Å². The molecule has 4 heteroatoms. The van der Waals surface area contributed by atoms with E-state index in [-0.39, 0.29) is 0 Å². The van der Waals surface area contributed by atoms with Gasteiger partial charge in [0.25, 0.3) is 0 Å². The molecule has 0 radical (unpaired) electrons. The number of benzene rings is 1. The Morgan fingerprint density at radius 2 is 1.88 bits per heavy atom. The Labute approximate surface area is 92.2 Å². The number of hydrogen-bond donors (Lipinski definition) is 2. The predicted octanol–water partition coefficient (Wildman–Crippen LogP) is 2.21. The van der Waals surface area contributed by atoms with E-state index < -0.39 is 0 Å². The van der Waals surface area contributed by atoms with Crippen molar-refractivity contribution in [1.82, 2.24) is 15.0 Å². The van der Waals surface area contributed by atoms with Crippen molar-refractivity contribution in [2.75, 3.05) is 5.73 Å². The Hall–Kier alpha value is -2.36. The quantitative estimate of drug-likeness (QED) is 0.647. The normalized spacial score (nSPS) is 10.8. The van der Waals surface area contributed by atoms with E-state index in [1.54, 1.807) is 0 Å². The second-order valence-corrected chi connectivity index (χ2v) is 3.57. The Balaban J connectivity index is 2.23. The van der Waals surface area contributed by atoms with Gasteiger partial charge in [0.2, 0.25) is 0 Å². The molecule has 1 aromatic carbocycles. The molecule has 0 saturated heterocycles. The number of aromatic nitrogens is 3. The van der Waals surface area contributed by atoms with Crippen LogP contribution in [-0.4, -0.2) is 15.0 Å². The van der Waals surface area contributed by atoms with Gasteiger partial charge in [0.1, 0.15) is 11.8 Å². The molecule has 3 aromatic rings. The third kappa shape index (κ3) is 1.32. The van der Waals surface area contributed by atoms with E-state index in [0.29, 0.717) is 5.82 Å². The average Bonchev–Trinajstić information content (AvgIpc) is 2.76. The van der Waals surface area contributed by atoms with Gasteiger partial charge in [-0.1, -0.05) is 30.3 Å². The third-order valence-electron chi connectivity index (χ3n) is 2.53. The molecule has 0 saturated carbocycles. The van der Waals surface area contributed by atoms with E-state index in [2.05, 4.69) is 15.0 Å². The highest BCUT2D eigenvalue weighted by atomic mass is 14.9. The fourth-order valence-corrected chi connectivity index (χ4v) is 1.73. The van der Waals surface area contributed by atoms with Gasteiger partial charge in [-0.15, -0.1) is 0 Å². The zero-order valence-corrected chi connectivity index (χ0v) is 8.51. The SMILES string of the molecule is Nc1ncnc2cc(-c3ccccc3)[nH]c12. The molecule has 3 rings (SSSR count). The summed E-state index contributed by atoms with van der Waals surface area (Å²) in [5.74, 6) is 0.479. The number of nitrogens with one attached hydrogen (secondary N) is 1. The van der Waals surface area contributed by atoms with Crippen molar-refractivity contribution in [3.05, 3.63) is 42.7 Å². The summed E-state index contributed by atoms with van der Waals surface area (Å²) in [5.41, 5.74) is 9.51. The number of hydrogen-bond acceptors (Lipinski definition) is 3. The van der Waals surface area contributed by atoms with Gasteiger partial charge < -0.3 is 10.7 Å². The number of nitrogens with zero attached hydrogens (tertiary/aromatic N) is 2. The number of anilines is 1. The fraction of sp³-hybridized carbons (Fsp3) is 0. The number of H-pyrrole nitrogens is 1. The predicted molar refractivity (Wildman–Crippen MR) is 63.7 cm³/mol. The Kier molecular flexibility index (Phi) is 1.86. The summed E-state index contributed by atoms with van der Waals surface area (Å²) >= 11 is 0. The molecule has 0 amide bonds. The van der Waals surface area contributed by atoms with Crippen molar-refractivity contribution in [3.8, 4) is 11.3 Å². The molecule has 0 spiro atoms. The van der Waals surface area contributed by atoms with Crippen LogP contribution in [0.2, 0.25) is 0 Å². The number of rotatable bonds is 1. The molecule has 0 bridgehead atoms. The van der Waals surface area contributed by atoms with Crippen LogP contribution in [0.25, 0.3) is 22.3 Å². The zero-order chi connectivity index (χ0) is 11.0. The molecule has 4 nitrogen and oxygen atoms in total. The van der Waals surface area contributed by atoms with Crippen LogP contribution in [0, 0.1) is 0 Å². The van der Waals surface area contributed by atoms with Crippen LogP contribution < -0.4 is 5.73 Å². The van der Waals surface area contributed by atoms with Gasteiger partial charge >= 0.3 is 0 Å². The second kappa shape index (κ2) is 3.34. The van der Waals surface area contributed by atoms with Crippen LogP contribution in [0.3, 0.4) is 0 Å². The first-order valence-corrected chi connectivity index (χ1v) is 4.99. The van der Waals surface area contributed by atoms with Gasteiger partial charge in [0.05, 0.1) is 5.52 Å². The van der Waals surface area contributed by atoms with Crippen molar-refractivity contribution in [2.24, 2.45) is 0 Å². The Morgan fingerprint density at radius 1 is 1.06 bits per heavy atom. The van der Waals surface area contributed by atoms with E-state index in [1.165, 1.54) is 6.33 Å². The van der Waals surface area contributed by atoms with Gasteiger partial charge in [0.15, 0.2) is 5.82 Å². The lowest BCUT2D eigenvalue weighted by Crippen LogP contribution is -1.91. The summed E-state index contributed by atoms with van der Waals surface area (Å²) in [7, 11) is 0. The summed E-state index contributed by atoms with van der Waals surface area (Å²) in [5, 5.41) is 0. The van der Waals surface area contributed by atoms with Crippen LogP contribution in [0.5, 0.6) is 0 Å². The van der Waals surface area contributed by atoms with Gasteiger partial charge in [-0.3, -0.25) is 0 Å². The molecule has 3 N–H and O–H groups in total. The summed E-state index contributed by atoms with van der Waals surface area (Å²) in [6.45, 7) is 0. The largest absolute Gasteiger partial charge is 0.382 e. The molecule has 0 fully saturated rings. The first kappa shape index (κ1) is 8.91. The van der Waals surface area contributed by atoms with E-state index >= 15 is 0 Å². The lowest BCUT2D eigenvalue weighted by molar-refractivity contribution is 1.23. The van der Waals surface area contributed by atoms with Crippen LogP contribution in [0.4, 0.5) is 5.82 Å². The zero-order valence-electron chi connectivity index (χ0n) is 8.51. The number of nitrogens with two attached hydrogens (primary N) is 1. The van der Waals surface area contributed by atoms with Crippen molar-refractivity contribution in [2.45, 2.75) is 0 Å². The van der Waals surface area contributed by atoms with Crippen molar-refractivity contribution >= 4 is 16.9 Å². The minimum Gasteiger partial charge on any atom is -0.382 e. The average molecular weight is 210 g/mol. The molecular weight excluding hydrogens is 200 g/mol. The minimum atomic E-state index is 0.479. The van der Waals surface area contributed by atoms with Gasteiger partial charge in [-0.25, -0.2) is 9.97 Å². The summed E-state index contributed by atoms with van der Waals surface area (Å²) in [6.07, 6.45) is 1.47. The molecule has 0 aliphatic rings. The highest BCUT2D eigenvalue weighted by Crippen LogP contribution is 2.24. The van der Waals surface area contributed by atoms with Crippen LogP contribution in [-0.2, 0) is 0 Å². The first-order chi connectivity index (χ1) is 7.84. The molecule has 0 unspecified atom stereocenters. The molecule has 0 aliphatic heterocycles. The highest BCUT2D eigenvalue weighted by Gasteiger charge is 2.06. The van der Waals surface area contributed by atoms with E-state index in [0.717, 1.165) is 22.3 Å². The lowest BCUT2D eigenvalue weighted by Gasteiger charge is -1.95. The maximum absolute atomic E-state index is 5.77. The topological polar surface area (TPSA) is 67.6 Å². The Bertz CT molecular complexity index is 628. The number of nitrogen functional groups attached to an aromatic ring is 1. The maximum Gasteiger partial charge on any atom is 0.151 e. The van der Waals surface area contributed by atoms with Gasteiger partial charge in [-0.05, 0) is 11.6 Å². The smallest absolute Gasteiger partial charge is 0.151 e. The second-order valence-electron chi connectivity index (χ2n) is 3.57. The monoisotopic (exact) mass is 210 g/mol. The van der Waals surface area contributed by atoms with Gasteiger partial charge in [0, 0.05) is 5.69 Å². The molecule has 78 valence electrons. The van der Waals surface area contributed by atoms with E-state index in [9.17, 15) is 0 Å². The van der Waals surface area contributed by atoms with Gasteiger partial charge in [-0.2, -0.15) is 0 Å². The number of aromatic amines is 1. The van der Waals surface area contributed by atoms with Crippen LogP contribution in [0.1, 0.15) is 0 Å². The molecular formula is C12H10N4. The standard InChI is InChI=1S/C12H10N4/c13-12-11-10(14-7-15-12)6-9(16-11)8-4-2-1-3-5-8/h1-7,16H,(H2,13,14,15). The minimum absolute atomic E-state index is 0.479. The molecule has 0 atom stereocenters. The summed E-state index contributed by atoms with van der Waals surface area (Å²) in [4.78, 5) is 11.3. The van der Waals surface area contributed by atoms with E-state index in [1.807, 2.05) is 36.4 Å². The fourth-order valence-electron chi connectivity index (χ4n) is 1.73. The molecule has 2 heterocycles. The van der Waals surface area contributed by atoms with E-state index in [4.69, 9.17) is 5.73 Å². The molecule has 2 aromatic heterocycles. The van der Waals surface area contributed by atoms with Crippen molar-refractivity contribution in [1.29, 1.82) is 0 Å². The molecule has 0 aliphatic carbocycles. The lowest BCUT2D eigenvalue weighted by atomic mass is 10.2. The summed E-state index contributed by atoms with van der Waals surface area (Å²) < 4.78 is 0. The maximum atomic E-state index is 5.77. The number of fused-ring (bicyclic) bond motifs is 1. The Morgan fingerprint density at radius 3 is 2.62 bits per heavy atom. The van der Waals surface area contributed by atoms with Crippen LogP contribution in [0.15, 0.2) is 42.7 Å². The van der Waals surface area contributed by atoms with Crippen molar-refractivity contribution < 1.29 is 0 Å². The third-order valence-corrected chi connectivity index (χ3v) is 2.53. The van der Waals surface area contributed by atoms with Crippen LogP contribution >= 0.6 is 0 Å². The summed E-state index contributed by atoms with van der Waals surface area (Å²) in [6, 6.07) is 12.0. The first-order valence-electron chi connectivity index (χ1n) is 4.99. The molecule has 16 heavy (non-hydrogen) atoms. The highest BCUT2D eigenvalue weighted by molar-refractivity contribution is 5.89.